The minimum Gasteiger partial charge on any atom is -0.550 e. The van der Waals surface area contributed by atoms with Gasteiger partial charge in [0, 0.05) is 5.97 Å². The van der Waals surface area contributed by atoms with E-state index in [1.807, 2.05) is 0 Å². The number of carbonyl (C=O) groups is 1. The van der Waals surface area contributed by atoms with E-state index < -0.39 is 5.97 Å². The summed E-state index contributed by atoms with van der Waals surface area (Å²) in [6.45, 7) is 2.20. The highest BCUT2D eigenvalue weighted by Gasteiger charge is 1.87. The maximum atomic E-state index is 10.2. The van der Waals surface area contributed by atoms with Gasteiger partial charge in [-0.05, 0) is 57.8 Å². The first kappa shape index (κ1) is 16.9. The van der Waals surface area contributed by atoms with E-state index in [0.717, 1.165) is 25.7 Å². The van der Waals surface area contributed by atoms with Gasteiger partial charge in [-0.15, -0.1) is 0 Å². The van der Waals surface area contributed by atoms with Crippen LogP contribution >= 0.6 is 0 Å². The van der Waals surface area contributed by atoms with E-state index in [2.05, 4.69) is 31.2 Å². The highest BCUT2D eigenvalue weighted by Crippen LogP contribution is 2.05. The monoisotopic (exact) mass is 251 g/mol. The molecule has 0 aliphatic heterocycles. The summed E-state index contributed by atoms with van der Waals surface area (Å²) in [5.41, 5.74) is 0. The Balaban J connectivity index is 3.16. The molecule has 2 heteroatoms. The molecule has 0 aromatic heterocycles. The van der Waals surface area contributed by atoms with Crippen molar-refractivity contribution in [3.05, 3.63) is 24.3 Å². The van der Waals surface area contributed by atoms with Crippen molar-refractivity contribution in [1.29, 1.82) is 0 Å². The first-order valence-corrected chi connectivity index (χ1v) is 7.27. The quantitative estimate of drug-likeness (QED) is 0.391. The smallest absolute Gasteiger partial charge is 0.0414 e. The highest BCUT2D eigenvalue weighted by atomic mass is 16.4. The molecule has 0 spiro atoms. The Morgan fingerprint density at radius 3 is 1.72 bits per heavy atom. The van der Waals surface area contributed by atoms with Crippen molar-refractivity contribution in [3.8, 4) is 0 Å². The molecule has 0 rings (SSSR count). The van der Waals surface area contributed by atoms with Crippen molar-refractivity contribution in [2.75, 3.05) is 0 Å². The molecule has 0 unspecified atom stereocenters. The molecular formula is C16H27O2-. The highest BCUT2D eigenvalue weighted by molar-refractivity contribution is 5.64. The van der Waals surface area contributed by atoms with Gasteiger partial charge >= 0.3 is 0 Å². The minimum absolute atomic E-state index is 0.192. The van der Waals surface area contributed by atoms with Crippen LogP contribution in [0.15, 0.2) is 24.3 Å². The van der Waals surface area contributed by atoms with E-state index in [-0.39, 0.29) is 6.42 Å². The average Bonchev–Trinajstić information content (AvgIpc) is 2.34. The van der Waals surface area contributed by atoms with Crippen LogP contribution in [-0.2, 0) is 4.79 Å². The summed E-state index contributed by atoms with van der Waals surface area (Å²) in [5.74, 6) is -0.935. The molecule has 0 N–H and O–H groups in total. The van der Waals surface area contributed by atoms with E-state index in [4.69, 9.17) is 0 Å². The summed E-state index contributed by atoms with van der Waals surface area (Å²) in [5, 5.41) is 10.2. The second-order valence-corrected chi connectivity index (χ2v) is 4.63. The molecular weight excluding hydrogens is 224 g/mol. The molecule has 0 heterocycles. The lowest BCUT2D eigenvalue weighted by molar-refractivity contribution is -0.305. The third-order valence-corrected chi connectivity index (χ3v) is 2.78. The second kappa shape index (κ2) is 14.0. The van der Waals surface area contributed by atoms with E-state index in [0.29, 0.717) is 0 Å². The molecule has 2 nitrogen and oxygen atoms in total. The predicted octanol–water partition coefficient (Wildman–Crippen LogP) is 3.77. The molecule has 0 saturated heterocycles. The minimum atomic E-state index is -0.935. The molecule has 0 bridgehead atoms. The van der Waals surface area contributed by atoms with Crippen LogP contribution in [0.2, 0.25) is 0 Å². The molecule has 18 heavy (non-hydrogen) atoms. The van der Waals surface area contributed by atoms with E-state index >= 15 is 0 Å². The number of carboxylic acids is 1. The van der Waals surface area contributed by atoms with Gasteiger partial charge in [-0.1, -0.05) is 37.6 Å². The summed E-state index contributed by atoms with van der Waals surface area (Å²) < 4.78 is 0. The summed E-state index contributed by atoms with van der Waals surface area (Å²) in [7, 11) is 0. The van der Waals surface area contributed by atoms with Crippen molar-refractivity contribution < 1.29 is 9.90 Å². The molecule has 0 aromatic rings. The van der Waals surface area contributed by atoms with Gasteiger partial charge in [0.1, 0.15) is 0 Å². The number of hydrogen-bond donors (Lipinski definition) is 0. The van der Waals surface area contributed by atoms with Gasteiger partial charge in [-0.25, -0.2) is 0 Å². The predicted molar refractivity (Wildman–Crippen MR) is 75.1 cm³/mol. The van der Waals surface area contributed by atoms with Gasteiger partial charge in [0.25, 0.3) is 0 Å². The van der Waals surface area contributed by atoms with Crippen LogP contribution in [0.1, 0.15) is 71.1 Å². The molecule has 0 fully saturated rings. The number of hydrogen-bond acceptors (Lipinski definition) is 2. The molecule has 0 amide bonds. The largest absolute Gasteiger partial charge is 0.550 e. The van der Waals surface area contributed by atoms with Crippen molar-refractivity contribution in [1.82, 2.24) is 0 Å². The molecule has 0 atom stereocenters. The Bertz CT molecular complexity index is 241. The number of rotatable bonds is 12. The molecule has 0 radical (unpaired) electrons. The topological polar surface area (TPSA) is 40.1 Å². The maximum Gasteiger partial charge on any atom is 0.0414 e. The Morgan fingerprint density at radius 1 is 0.833 bits per heavy atom. The van der Waals surface area contributed by atoms with Crippen LogP contribution in [-0.4, -0.2) is 5.97 Å². The fraction of sp³-hybridized carbons (Fsp3) is 0.688. The maximum absolute atomic E-state index is 10.2. The van der Waals surface area contributed by atoms with Gasteiger partial charge in [-0.3, -0.25) is 0 Å². The summed E-state index contributed by atoms with van der Waals surface area (Å²) in [6.07, 6.45) is 19.1. The molecule has 0 aliphatic rings. The zero-order valence-corrected chi connectivity index (χ0v) is 11.7. The zero-order valence-electron chi connectivity index (χ0n) is 11.7. The summed E-state index contributed by atoms with van der Waals surface area (Å²) in [4.78, 5) is 10.2. The normalized spacial score (nSPS) is 11.6. The average molecular weight is 251 g/mol. The van der Waals surface area contributed by atoms with Gasteiger partial charge in [-0.2, -0.15) is 0 Å². The molecule has 0 aliphatic carbocycles. The first-order valence-electron chi connectivity index (χ1n) is 7.27. The van der Waals surface area contributed by atoms with E-state index in [1.54, 1.807) is 0 Å². The molecule has 104 valence electrons. The fourth-order valence-corrected chi connectivity index (χ4v) is 1.69. The van der Waals surface area contributed by atoms with Crippen LogP contribution in [0.4, 0.5) is 0 Å². The molecule has 0 saturated carbocycles. The van der Waals surface area contributed by atoms with Gasteiger partial charge in [0.05, 0.1) is 0 Å². The second-order valence-electron chi connectivity index (χ2n) is 4.63. The third-order valence-electron chi connectivity index (χ3n) is 2.78. The number of carboxylic acid groups (broad SMARTS) is 1. The third kappa shape index (κ3) is 14.9. The Labute approximate surface area is 112 Å². The Hall–Kier alpha value is -1.05. The number of aliphatic carboxylic acids is 1. The van der Waals surface area contributed by atoms with Crippen LogP contribution in [0, 0.1) is 0 Å². The lowest BCUT2D eigenvalue weighted by atomic mass is 10.1. The number of carbonyl (C=O) groups excluding carboxylic acids is 1. The first-order chi connectivity index (χ1) is 8.77. The van der Waals surface area contributed by atoms with Crippen molar-refractivity contribution in [2.24, 2.45) is 0 Å². The SMILES string of the molecule is CCC/C=C\CCCC/C=C/CCCCC(=O)[O-]. The van der Waals surface area contributed by atoms with E-state index in [9.17, 15) is 9.90 Å². The van der Waals surface area contributed by atoms with Crippen LogP contribution in [0.3, 0.4) is 0 Å². The van der Waals surface area contributed by atoms with Crippen LogP contribution < -0.4 is 5.11 Å². The zero-order chi connectivity index (χ0) is 13.5. The number of allylic oxidation sites excluding steroid dienone is 4. The molecule has 0 aromatic carbocycles. The standard InChI is InChI=1S/C16H28O2/c1-2-3-4-5-6-7-8-9-10-11-12-13-14-15-16(17)18/h4-5,10-11H,2-3,6-9,12-15H2,1H3,(H,17,18)/p-1/b5-4-,11-10+. The van der Waals surface area contributed by atoms with Crippen molar-refractivity contribution in [3.63, 3.8) is 0 Å². The van der Waals surface area contributed by atoms with Gasteiger partial charge in [0.2, 0.25) is 0 Å². The van der Waals surface area contributed by atoms with Crippen molar-refractivity contribution in [2.45, 2.75) is 71.1 Å². The van der Waals surface area contributed by atoms with E-state index in [1.165, 1.54) is 32.1 Å². The summed E-state index contributed by atoms with van der Waals surface area (Å²) in [6, 6.07) is 0. The fourth-order valence-electron chi connectivity index (χ4n) is 1.69. The van der Waals surface area contributed by atoms with Crippen LogP contribution in [0.5, 0.6) is 0 Å². The van der Waals surface area contributed by atoms with Gasteiger partial charge in [0.15, 0.2) is 0 Å². The lowest BCUT2D eigenvalue weighted by Crippen LogP contribution is -2.21. The Morgan fingerprint density at radius 2 is 1.28 bits per heavy atom. The van der Waals surface area contributed by atoms with Crippen LogP contribution in [0.25, 0.3) is 0 Å². The lowest BCUT2D eigenvalue weighted by Gasteiger charge is -1.99. The van der Waals surface area contributed by atoms with Crippen molar-refractivity contribution >= 4 is 5.97 Å². The Kier molecular flexibility index (Phi) is 13.2. The summed E-state index contributed by atoms with van der Waals surface area (Å²) >= 11 is 0. The number of unbranched alkanes of at least 4 members (excludes halogenated alkanes) is 6. The van der Waals surface area contributed by atoms with Gasteiger partial charge < -0.3 is 9.90 Å².